The zero-order valence-electron chi connectivity index (χ0n) is 18.4. The number of alkyl halides is 1. The van der Waals surface area contributed by atoms with E-state index in [-0.39, 0.29) is 12.5 Å². The van der Waals surface area contributed by atoms with Crippen molar-refractivity contribution in [2.75, 3.05) is 11.4 Å². The van der Waals surface area contributed by atoms with E-state index in [0.29, 0.717) is 0 Å². The van der Waals surface area contributed by atoms with Gasteiger partial charge >= 0.3 is 6.03 Å². The molecule has 5 rings (SSSR count). The van der Waals surface area contributed by atoms with Gasteiger partial charge in [0, 0.05) is 9.79 Å². The van der Waals surface area contributed by atoms with Gasteiger partial charge in [-0.05, 0) is 29.8 Å². The molecule has 4 amide bonds. The monoisotopic (exact) mass is 504 g/mol. The second-order valence-electron chi connectivity index (χ2n) is 7.93. The average Bonchev–Trinajstić information content (AvgIpc) is 2.90. The number of anilines is 2. The Kier molecular flexibility index (Phi) is 6.48. The van der Waals surface area contributed by atoms with Crippen LogP contribution in [-0.4, -0.2) is 40.8 Å². The van der Waals surface area contributed by atoms with Crippen molar-refractivity contribution in [3.8, 4) is 0 Å². The van der Waals surface area contributed by atoms with Gasteiger partial charge in [-0.15, -0.1) is 11.6 Å². The minimum atomic E-state index is -0.768. The molecule has 1 saturated heterocycles. The molecule has 7 nitrogen and oxygen atoms in total. The van der Waals surface area contributed by atoms with Gasteiger partial charge in [0.1, 0.15) is 5.38 Å². The van der Waals surface area contributed by atoms with Crippen molar-refractivity contribution >= 4 is 58.7 Å². The van der Waals surface area contributed by atoms with Crippen molar-refractivity contribution < 1.29 is 14.4 Å². The third-order valence-electron chi connectivity index (χ3n) is 5.66. The molecule has 2 N–H and O–H groups in total. The molecule has 2 atom stereocenters. The summed E-state index contributed by atoms with van der Waals surface area (Å²) in [4.78, 5) is 41.5. The molecule has 176 valence electrons. The van der Waals surface area contributed by atoms with Gasteiger partial charge in [-0.2, -0.15) is 0 Å². The highest BCUT2D eigenvalue weighted by Crippen LogP contribution is 2.47. The van der Waals surface area contributed by atoms with E-state index in [9.17, 15) is 14.4 Å². The summed E-state index contributed by atoms with van der Waals surface area (Å²) in [6.45, 7) is -0.254. The Morgan fingerprint density at radius 2 is 1.51 bits per heavy atom. The van der Waals surface area contributed by atoms with E-state index in [0.717, 1.165) is 26.7 Å². The Hall–Kier alpha value is -3.75. The fraction of sp³-hybridized carbons (Fsp3) is 0.115. The van der Waals surface area contributed by atoms with E-state index in [1.54, 1.807) is 22.7 Å². The molecule has 0 saturated carbocycles. The highest BCUT2D eigenvalue weighted by atomic mass is 35.5. The molecule has 0 spiro atoms. The summed E-state index contributed by atoms with van der Waals surface area (Å²) in [5, 5.41) is 2.96. The van der Waals surface area contributed by atoms with Gasteiger partial charge in [0.25, 0.3) is 11.8 Å². The first-order valence-corrected chi connectivity index (χ1v) is 12.2. The van der Waals surface area contributed by atoms with Crippen molar-refractivity contribution in [2.45, 2.75) is 21.2 Å². The summed E-state index contributed by atoms with van der Waals surface area (Å²) in [6.07, 6.45) is 3.60. The van der Waals surface area contributed by atoms with E-state index >= 15 is 0 Å². The van der Waals surface area contributed by atoms with Crippen LogP contribution in [-0.2, 0) is 9.59 Å². The number of para-hydroxylation sites is 2. The van der Waals surface area contributed by atoms with Crippen LogP contribution in [0.2, 0.25) is 0 Å². The molecule has 9 heteroatoms. The first kappa shape index (κ1) is 23.0. The first-order valence-electron chi connectivity index (χ1n) is 11.0. The van der Waals surface area contributed by atoms with Gasteiger partial charge in [-0.3, -0.25) is 14.5 Å². The molecular formula is C26H21ClN4O3S. The zero-order valence-corrected chi connectivity index (χ0v) is 20.0. The lowest BCUT2D eigenvalue weighted by molar-refractivity contribution is -0.146. The Morgan fingerprint density at radius 3 is 2.17 bits per heavy atom. The second-order valence-corrected chi connectivity index (χ2v) is 9.49. The molecule has 0 aliphatic carbocycles. The lowest BCUT2D eigenvalue weighted by atomic mass is 10.0. The van der Waals surface area contributed by atoms with Crippen LogP contribution in [0.5, 0.6) is 0 Å². The summed E-state index contributed by atoms with van der Waals surface area (Å²) < 4.78 is 0. The van der Waals surface area contributed by atoms with Crippen molar-refractivity contribution in [1.29, 1.82) is 0 Å². The fourth-order valence-corrected chi connectivity index (χ4v) is 5.28. The van der Waals surface area contributed by atoms with Crippen LogP contribution in [0.3, 0.4) is 0 Å². The molecule has 0 bridgehead atoms. The maximum absolute atomic E-state index is 13.2. The lowest BCUT2D eigenvalue weighted by Gasteiger charge is -2.42. The van der Waals surface area contributed by atoms with Gasteiger partial charge < -0.3 is 5.32 Å². The quantitative estimate of drug-likeness (QED) is 0.394. The van der Waals surface area contributed by atoms with Crippen LogP contribution >= 0.6 is 23.4 Å². The first-order chi connectivity index (χ1) is 17.0. The number of carbonyl (C=O) groups is 3. The molecule has 2 aliphatic rings. The number of fused-ring (bicyclic) bond motifs is 2. The molecule has 3 aromatic rings. The van der Waals surface area contributed by atoms with Crippen molar-refractivity contribution in [1.82, 2.24) is 15.8 Å². The standard InChI is InChI=1S/C26H21ClN4O3S/c27-24-20(15-14-17-8-2-1-3-9-17)31(25(24)33)29-26(34)28-16-23(32)30-18-10-4-6-12-21(18)35-22-13-7-5-11-19(22)30/h1-15,20,24H,16H2,(H2,28,29,34)/b15-14+. The maximum Gasteiger partial charge on any atom is 0.334 e. The lowest BCUT2D eigenvalue weighted by Crippen LogP contribution is -2.68. The summed E-state index contributed by atoms with van der Waals surface area (Å²) in [7, 11) is 0. The predicted molar refractivity (Wildman–Crippen MR) is 136 cm³/mol. The number of β-lactam (4-membered cyclic amide) rings is 1. The third kappa shape index (κ3) is 4.62. The fourth-order valence-electron chi connectivity index (χ4n) is 3.92. The van der Waals surface area contributed by atoms with E-state index in [2.05, 4.69) is 10.7 Å². The summed E-state index contributed by atoms with van der Waals surface area (Å²) in [6, 6.07) is 23.6. The number of amides is 4. The highest BCUT2D eigenvalue weighted by Gasteiger charge is 2.46. The van der Waals surface area contributed by atoms with Gasteiger partial charge in [-0.1, -0.05) is 78.5 Å². The van der Waals surface area contributed by atoms with Crippen molar-refractivity contribution in [3.05, 3.63) is 90.5 Å². The van der Waals surface area contributed by atoms with Gasteiger partial charge in [0.15, 0.2) is 0 Å². The average molecular weight is 505 g/mol. The predicted octanol–water partition coefficient (Wildman–Crippen LogP) is 4.56. The van der Waals surface area contributed by atoms with Gasteiger partial charge in [0.05, 0.1) is 24.0 Å². The van der Waals surface area contributed by atoms with Crippen LogP contribution in [0.4, 0.5) is 16.2 Å². The normalized spacial score (nSPS) is 18.5. The largest absolute Gasteiger partial charge is 0.334 e. The molecule has 35 heavy (non-hydrogen) atoms. The van der Waals surface area contributed by atoms with Crippen molar-refractivity contribution in [2.24, 2.45) is 0 Å². The molecule has 2 unspecified atom stereocenters. The van der Waals surface area contributed by atoms with Crippen LogP contribution in [0.25, 0.3) is 6.08 Å². The number of hydrogen-bond acceptors (Lipinski definition) is 4. The number of hydrazine groups is 1. The van der Waals surface area contributed by atoms with Crippen LogP contribution in [0.15, 0.2) is 94.7 Å². The number of halogens is 1. The minimum Gasteiger partial charge on any atom is -0.328 e. The molecule has 2 heterocycles. The number of rotatable bonds is 5. The SMILES string of the molecule is O=C(NCC(=O)N1c2ccccc2Sc2ccccc21)NN1C(=O)C(Cl)C1/C=C/c1ccccc1. The van der Waals surface area contributed by atoms with E-state index in [4.69, 9.17) is 11.6 Å². The number of nitrogens with zero attached hydrogens (tertiary/aromatic N) is 2. The van der Waals surface area contributed by atoms with Crippen LogP contribution in [0.1, 0.15) is 5.56 Å². The van der Waals surface area contributed by atoms with Crippen LogP contribution < -0.4 is 15.6 Å². The van der Waals surface area contributed by atoms with Crippen LogP contribution in [0, 0.1) is 0 Å². The summed E-state index contributed by atoms with van der Waals surface area (Å²) in [5.41, 5.74) is 4.98. The molecule has 2 aliphatic heterocycles. The van der Waals surface area contributed by atoms with Gasteiger partial charge in [-0.25, -0.2) is 15.2 Å². The van der Waals surface area contributed by atoms with E-state index in [1.165, 1.54) is 5.01 Å². The molecule has 3 aromatic carbocycles. The van der Waals surface area contributed by atoms with Crippen molar-refractivity contribution in [3.63, 3.8) is 0 Å². The van der Waals surface area contributed by atoms with E-state index in [1.807, 2.05) is 84.9 Å². The summed E-state index contributed by atoms with van der Waals surface area (Å²) >= 11 is 7.75. The number of benzene rings is 3. The number of hydrogen-bond donors (Lipinski definition) is 2. The zero-order chi connectivity index (χ0) is 24.4. The molecule has 0 radical (unpaired) electrons. The number of urea groups is 1. The van der Waals surface area contributed by atoms with Gasteiger partial charge in [0.2, 0.25) is 0 Å². The molecule has 0 aromatic heterocycles. The minimum absolute atomic E-state index is 0.254. The van der Waals surface area contributed by atoms with E-state index < -0.39 is 23.4 Å². The number of carbonyl (C=O) groups excluding carboxylic acids is 3. The summed E-state index contributed by atoms with van der Waals surface area (Å²) in [5.74, 6) is -0.710. The molecular weight excluding hydrogens is 484 g/mol. The Bertz CT molecular complexity index is 1270. The topological polar surface area (TPSA) is 81.8 Å². The Morgan fingerprint density at radius 1 is 0.914 bits per heavy atom. The maximum atomic E-state index is 13.2. The second kappa shape index (κ2) is 9.85. The Balaban J connectivity index is 1.24. The third-order valence-corrected chi connectivity index (χ3v) is 7.24. The molecule has 1 fully saturated rings. The number of nitrogens with one attached hydrogen (secondary N) is 2. The smallest absolute Gasteiger partial charge is 0.328 e. The highest BCUT2D eigenvalue weighted by molar-refractivity contribution is 7.99. The Labute approximate surface area is 211 Å².